The molecule has 6 heteroatoms. The molecule has 0 aliphatic carbocycles. The van der Waals surface area contributed by atoms with Gasteiger partial charge in [0.1, 0.15) is 0 Å². The van der Waals surface area contributed by atoms with E-state index in [1.807, 2.05) is 0 Å². The third-order valence-electron chi connectivity index (χ3n) is 16.7. The number of rotatable bonds is 67. The number of aliphatic hydroxyl groups excluding tert-OH is 2. The zero-order valence-corrected chi connectivity index (χ0v) is 53.4. The summed E-state index contributed by atoms with van der Waals surface area (Å²) in [6.07, 6.45) is 87.6. The Bertz CT molecular complexity index is 1280. The minimum Gasteiger partial charge on any atom is -0.466 e. The number of ether oxygens (including phenoxy) is 1. The van der Waals surface area contributed by atoms with E-state index in [2.05, 4.69) is 55.6 Å². The summed E-state index contributed by atoms with van der Waals surface area (Å²) in [7, 11) is 0. The average Bonchev–Trinajstić information content (AvgIpc) is 3.45. The zero-order valence-electron chi connectivity index (χ0n) is 53.4. The number of hydrogen-bond donors (Lipinski definition) is 3. The molecular weight excluding hydrogens is 971 g/mol. The summed E-state index contributed by atoms with van der Waals surface area (Å²) in [4.78, 5) is 24.6. The number of amides is 1. The summed E-state index contributed by atoms with van der Waals surface area (Å²) in [5.41, 5.74) is 0. The smallest absolute Gasteiger partial charge is 0.305 e. The van der Waals surface area contributed by atoms with Crippen LogP contribution >= 0.6 is 0 Å². The normalized spacial score (nSPS) is 12.7. The van der Waals surface area contributed by atoms with Gasteiger partial charge >= 0.3 is 5.97 Å². The second-order valence-corrected chi connectivity index (χ2v) is 24.6. The third-order valence-corrected chi connectivity index (χ3v) is 16.7. The van der Waals surface area contributed by atoms with E-state index >= 15 is 0 Å². The van der Waals surface area contributed by atoms with Crippen LogP contribution in [0.2, 0.25) is 0 Å². The predicted molar refractivity (Wildman–Crippen MR) is 347 cm³/mol. The molecule has 3 N–H and O–H groups in total. The molecule has 0 aromatic carbocycles. The maximum absolute atomic E-state index is 12.5. The van der Waals surface area contributed by atoms with Crippen LogP contribution in [0.3, 0.4) is 0 Å². The second kappa shape index (κ2) is 68.6. The fraction of sp³-hybridized carbons (Fsp3) is 0.890. The van der Waals surface area contributed by atoms with Crippen molar-refractivity contribution in [2.24, 2.45) is 0 Å². The van der Waals surface area contributed by atoms with Gasteiger partial charge in [-0.2, -0.15) is 0 Å². The summed E-state index contributed by atoms with van der Waals surface area (Å²) in [5, 5.41) is 23.4. The molecule has 0 aliphatic rings. The van der Waals surface area contributed by atoms with Crippen molar-refractivity contribution in [3.8, 4) is 0 Å². The highest BCUT2D eigenvalue weighted by Gasteiger charge is 2.20. The summed E-state index contributed by atoms with van der Waals surface area (Å²) < 4.78 is 5.50. The summed E-state index contributed by atoms with van der Waals surface area (Å²) in [6, 6.07) is -0.545. The summed E-state index contributed by atoms with van der Waals surface area (Å²) >= 11 is 0. The van der Waals surface area contributed by atoms with Crippen LogP contribution in [0.15, 0.2) is 36.5 Å². The first-order valence-corrected chi connectivity index (χ1v) is 35.7. The van der Waals surface area contributed by atoms with E-state index in [4.69, 9.17) is 4.74 Å². The summed E-state index contributed by atoms with van der Waals surface area (Å²) in [5.74, 6) is -0.0269. The molecular formula is C73H139NO5. The molecule has 79 heavy (non-hydrogen) atoms. The van der Waals surface area contributed by atoms with Crippen molar-refractivity contribution < 1.29 is 24.5 Å². The van der Waals surface area contributed by atoms with Crippen molar-refractivity contribution in [1.29, 1.82) is 0 Å². The zero-order chi connectivity index (χ0) is 57.1. The number of allylic oxidation sites excluding steroid dienone is 6. The molecule has 0 aromatic heterocycles. The maximum atomic E-state index is 12.5. The molecule has 0 saturated heterocycles. The molecule has 0 fully saturated rings. The average molecular weight is 1110 g/mol. The Balaban J connectivity index is 3.41. The lowest BCUT2D eigenvalue weighted by Crippen LogP contribution is -2.45. The van der Waals surface area contributed by atoms with Crippen molar-refractivity contribution >= 4 is 11.9 Å². The number of aliphatic hydroxyl groups is 2. The molecule has 0 rings (SSSR count). The molecule has 1 amide bonds. The van der Waals surface area contributed by atoms with Gasteiger partial charge in [-0.15, -0.1) is 0 Å². The highest BCUT2D eigenvalue weighted by atomic mass is 16.5. The topological polar surface area (TPSA) is 95.9 Å². The number of unbranched alkanes of at least 4 members (excludes halogenated alkanes) is 50. The Labute approximate surface area is 494 Å². The summed E-state index contributed by atoms with van der Waals surface area (Å²) in [6.45, 7) is 4.98. The fourth-order valence-electron chi connectivity index (χ4n) is 11.2. The van der Waals surface area contributed by atoms with Crippen LogP contribution in [0.4, 0.5) is 0 Å². The molecule has 466 valence electrons. The minimum absolute atomic E-state index is 0.00830. The van der Waals surface area contributed by atoms with E-state index in [1.54, 1.807) is 0 Å². The van der Waals surface area contributed by atoms with Gasteiger partial charge in [-0.1, -0.05) is 333 Å². The number of hydrogen-bond acceptors (Lipinski definition) is 5. The van der Waals surface area contributed by atoms with E-state index in [9.17, 15) is 19.8 Å². The lowest BCUT2D eigenvalue weighted by Gasteiger charge is -2.22. The first-order valence-electron chi connectivity index (χ1n) is 35.7. The Morgan fingerprint density at radius 3 is 0.975 bits per heavy atom. The van der Waals surface area contributed by atoms with E-state index in [0.29, 0.717) is 25.9 Å². The van der Waals surface area contributed by atoms with Gasteiger partial charge in [-0.3, -0.25) is 9.59 Å². The first-order chi connectivity index (χ1) is 39.0. The highest BCUT2D eigenvalue weighted by Crippen LogP contribution is 2.18. The van der Waals surface area contributed by atoms with Crippen molar-refractivity contribution in [3.63, 3.8) is 0 Å². The van der Waals surface area contributed by atoms with Gasteiger partial charge in [-0.05, 0) is 83.5 Å². The Hall–Kier alpha value is -1.92. The number of carbonyl (C=O) groups is 2. The molecule has 0 bridgehead atoms. The van der Waals surface area contributed by atoms with Gasteiger partial charge in [0.25, 0.3) is 0 Å². The van der Waals surface area contributed by atoms with E-state index in [1.165, 1.54) is 308 Å². The standard InChI is InChI=1S/C73H139NO5/c1-3-5-7-9-11-13-15-17-19-21-35-39-43-47-51-55-59-63-67-73(78)79-68-64-60-56-52-48-44-40-36-32-30-28-26-24-22-23-25-27-29-31-34-38-42-46-50-54-58-62-66-72(77)74-70(69-75)71(76)65-61-57-53-49-45-41-37-33-20-18-16-14-12-10-8-6-4-2/h19,21-23,26,28,70-71,75-76H,3-18,20,24-25,27,29-69H2,1-2H3,(H,74,77)/b21-19-,23-22-,28-26-. The Morgan fingerprint density at radius 1 is 0.354 bits per heavy atom. The predicted octanol–water partition coefficient (Wildman–Crippen LogP) is 23.1. The first kappa shape index (κ1) is 77.1. The van der Waals surface area contributed by atoms with Crippen molar-refractivity contribution in [2.75, 3.05) is 13.2 Å². The molecule has 2 unspecified atom stereocenters. The van der Waals surface area contributed by atoms with Crippen LogP contribution in [-0.4, -0.2) is 47.4 Å². The lowest BCUT2D eigenvalue weighted by atomic mass is 10.0. The van der Waals surface area contributed by atoms with Crippen LogP contribution < -0.4 is 5.32 Å². The van der Waals surface area contributed by atoms with Crippen molar-refractivity contribution in [1.82, 2.24) is 5.32 Å². The Morgan fingerprint density at radius 2 is 0.633 bits per heavy atom. The van der Waals surface area contributed by atoms with Gasteiger partial charge in [0.05, 0.1) is 25.4 Å². The maximum Gasteiger partial charge on any atom is 0.305 e. The molecule has 0 spiro atoms. The monoisotopic (exact) mass is 1110 g/mol. The van der Waals surface area contributed by atoms with Gasteiger partial charge in [0, 0.05) is 12.8 Å². The van der Waals surface area contributed by atoms with Crippen LogP contribution in [-0.2, 0) is 14.3 Å². The SMILES string of the molecule is CCCCCCCCC/C=C\CCCCCCCCCC(=O)OCCCCCCCCCCC/C=C\C/C=C\CCCCCCCCCCCCCC(=O)NC(CO)C(O)CCCCCCCCCCCCCCCCCCC. The molecule has 6 nitrogen and oxygen atoms in total. The van der Waals surface area contributed by atoms with Gasteiger partial charge in [0.15, 0.2) is 0 Å². The highest BCUT2D eigenvalue weighted by molar-refractivity contribution is 5.76. The van der Waals surface area contributed by atoms with Gasteiger partial charge in [-0.25, -0.2) is 0 Å². The van der Waals surface area contributed by atoms with Gasteiger partial charge in [0.2, 0.25) is 5.91 Å². The molecule has 2 atom stereocenters. The van der Waals surface area contributed by atoms with Crippen molar-refractivity contribution in [3.05, 3.63) is 36.5 Å². The minimum atomic E-state index is -0.667. The van der Waals surface area contributed by atoms with E-state index in [-0.39, 0.29) is 18.5 Å². The Kier molecular flexibility index (Phi) is 66.9. The number of esters is 1. The van der Waals surface area contributed by atoms with Crippen LogP contribution in [0, 0.1) is 0 Å². The largest absolute Gasteiger partial charge is 0.466 e. The van der Waals surface area contributed by atoms with E-state index < -0.39 is 12.1 Å². The number of carbonyl (C=O) groups excluding carboxylic acids is 2. The molecule has 0 saturated carbocycles. The molecule has 0 aliphatic heterocycles. The fourth-order valence-corrected chi connectivity index (χ4v) is 11.2. The van der Waals surface area contributed by atoms with Gasteiger partial charge < -0.3 is 20.3 Å². The third kappa shape index (κ3) is 65.1. The van der Waals surface area contributed by atoms with Crippen LogP contribution in [0.5, 0.6) is 0 Å². The van der Waals surface area contributed by atoms with Crippen molar-refractivity contribution in [2.45, 2.75) is 405 Å². The molecule has 0 radical (unpaired) electrons. The van der Waals surface area contributed by atoms with Crippen LogP contribution in [0.25, 0.3) is 0 Å². The number of nitrogens with one attached hydrogen (secondary N) is 1. The molecule has 0 heterocycles. The second-order valence-electron chi connectivity index (χ2n) is 24.6. The lowest BCUT2D eigenvalue weighted by molar-refractivity contribution is -0.143. The molecule has 0 aromatic rings. The van der Waals surface area contributed by atoms with E-state index in [0.717, 1.165) is 51.4 Å². The quantitative estimate of drug-likeness (QED) is 0.0320. The van der Waals surface area contributed by atoms with Crippen LogP contribution in [0.1, 0.15) is 393 Å².